The molecule has 4 rings (SSSR count). The first-order chi connectivity index (χ1) is 15.8. The van der Waals surface area contributed by atoms with E-state index in [1.165, 1.54) is 0 Å². The van der Waals surface area contributed by atoms with Crippen LogP contribution in [0.5, 0.6) is 0 Å². The minimum absolute atomic E-state index is 0.114. The summed E-state index contributed by atoms with van der Waals surface area (Å²) in [5.74, 6) is -0.508. The molecule has 1 aliphatic heterocycles. The van der Waals surface area contributed by atoms with Crippen molar-refractivity contribution in [3.63, 3.8) is 0 Å². The van der Waals surface area contributed by atoms with Gasteiger partial charge in [0.2, 0.25) is 5.91 Å². The first kappa shape index (κ1) is 23.1. The number of aromatic nitrogens is 1. The van der Waals surface area contributed by atoms with E-state index in [1.807, 2.05) is 73.0 Å². The summed E-state index contributed by atoms with van der Waals surface area (Å²) < 4.78 is 2.03. The number of likely N-dealkylation sites (tertiary alicyclic amines) is 1. The van der Waals surface area contributed by atoms with Gasteiger partial charge in [-0.15, -0.1) is 0 Å². The summed E-state index contributed by atoms with van der Waals surface area (Å²) in [5.41, 5.74) is 10.7. The van der Waals surface area contributed by atoms with Crippen LogP contribution in [0.25, 0.3) is 5.69 Å². The smallest absolute Gasteiger partial charge is 0.257 e. The highest BCUT2D eigenvalue weighted by atomic mass is 35.5. The minimum atomic E-state index is -0.239. The molecule has 1 aliphatic rings. The molecule has 2 aromatic carbocycles. The number of nitrogens with two attached hydrogens (primary N) is 1. The number of primary amides is 1. The summed E-state index contributed by atoms with van der Waals surface area (Å²) in [6.45, 7) is 6.13. The van der Waals surface area contributed by atoms with Crippen LogP contribution in [0.15, 0.2) is 54.6 Å². The normalized spacial score (nSPS) is 16.5. The van der Waals surface area contributed by atoms with Crippen molar-refractivity contribution in [1.29, 1.82) is 0 Å². The highest BCUT2D eigenvalue weighted by Crippen LogP contribution is 2.26. The molecule has 0 spiro atoms. The largest absolute Gasteiger partial charge is 0.369 e. The molecule has 1 atom stereocenters. The molecule has 1 fully saturated rings. The number of carbonyl (C=O) groups is 2. The number of piperidine rings is 1. The van der Waals surface area contributed by atoms with Crippen LogP contribution in [0.1, 0.15) is 40.2 Å². The Morgan fingerprint density at radius 1 is 1.12 bits per heavy atom. The Bertz CT molecular complexity index is 1190. The quantitative estimate of drug-likeness (QED) is 0.555. The first-order valence-corrected chi connectivity index (χ1v) is 11.6. The van der Waals surface area contributed by atoms with Gasteiger partial charge in [0, 0.05) is 40.9 Å². The Hall–Kier alpha value is -3.09. The van der Waals surface area contributed by atoms with E-state index in [2.05, 4.69) is 10.2 Å². The van der Waals surface area contributed by atoms with Crippen LogP contribution < -0.4 is 11.1 Å². The van der Waals surface area contributed by atoms with Gasteiger partial charge in [0.05, 0.1) is 11.5 Å². The van der Waals surface area contributed by atoms with Crippen molar-refractivity contribution < 1.29 is 9.59 Å². The van der Waals surface area contributed by atoms with Crippen LogP contribution in [0.2, 0.25) is 5.02 Å². The Morgan fingerprint density at radius 3 is 2.67 bits per heavy atom. The maximum Gasteiger partial charge on any atom is 0.257 e. The van der Waals surface area contributed by atoms with Crippen molar-refractivity contribution in [3.8, 4) is 5.69 Å². The summed E-state index contributed by atoms with van der Waals surface area (Å²) in [6.07, 6.45) is 1.78. The molecule has 172 valence electrons. The number of nitrogens with one attached hydrogen (secondary N) is 1. The number of rotatable bonds is 6. The Labute approximate surface area is 199 Å². The van der Waals surface area contributed by atoms with Crippen molar-refractivity contribution in [2.24, 2.45) is 11.7 Å². The molecule has 0 saturated carbocycles. The third-order valence-corrected chi connectivity index (χ3v) is 6.54. The Kier molecular flexibility index (Phi) is 6.86. The third kappa shape index (κ3) is 5.13. The molecule has 1 aromatic heterocycles. The number of hydrogen-bond acceptors (Lipinski definition) is 3. The fraction of sp³-hybridized carbons (Fsp3) is 0.308. The second-order valence-corrected chi connectivity index (χ2v) is 9.12. The lowest BCUT2D eigenvalue weighted by molar-refractivity contribution is -0.123. The molecule has 0 bridgehead atoms. The molecule has 0 radical (unpaired) electrons. The monoisotopic (exact) mass is 464 g/mol. The molecule has 2 amide bonds. The van der Waals surface area contributed by atoms with Gasteiger partial charge in [-0.3, -0.25) is 14.5 Å². The molecule has 1 saturated heterocycles. The van der Waals surface area contributed by atoms with Crippen LogP contribution in [0.4, 0.5) is 5.69 Å². The predicted octanol–water partition coefficient (Wildman–Crippen LogP) is 4.70. The molecular weight excluding hydrogens is 436 g/mol. The highest BCUT2D eigenvalue weighted by molar-refractivity contribution is 6.30. The van der Waals surface area contributed by atoms with Crippen molar-refractivity contribution >= 4 is 29.1 Å². The van der Waals surface area contributed by atoms with Gasteiger partial charge >= 0.3 is 0 Å². The first-order valence-electron chi connectivity index (χ1n) is 11.2. The van der Waals surface area contributed by atoms with Crippen LogP contribution >= 0.6 is 11.6 Å². The number of anilines is 1. The second kappa shape index (κ2) is 9.81. The number of aryl methyl sites for hydroxylation is 1. The van der Waals surface area contributed by atoms with Crippen LogP contribution in [0.3, 0.4) is 0 Å². The fourth-order valence-electron chi connectivity index (χ4n) is 4.65. The number of hydrogen-bond donors (Lipinski definition) is 2. The number of amides is 2. The fourth-order valence-corrected chi connectivity index (χ4v) is 4.83. The highest BCUT2D eigenvalue weighted by Gasteiger charge is 2.25. The van der Waals surface area contributed by atoms with E-state index in [-0.39, 0.29) is 17.7 Å². The number of carbonyl (C=O) groups excluding carboxylic acids is 2. The average Bonchev–Trinajstić information content (AvgIpc) is 3.09. The zero-order valence-corrected chi connectivity index (χ0v) is 19.7. The van der Waals surface area contributed by atoms with Gasteiger partial charge in [0.15, 0.2) is 0 Å². The van der Waals surface area contributed by atoms with E-state index in [1.54, 1.807) is 0 Å². The Morgan fingerprint density at radius 2 is 1.91 bits per heavy atom. The average molecular weight is 465 g/mol. The predicted molar refractivity (Wildman–Crippen MR) is 132 cm³/mol. The molecule has 1 unspecified atom stereocenters. The lowest BCUT2D eigenvalue weighted by atomic mass is 9.97. The number of para-hydroxylation sites is 1. The maximum absolute atomic E-state index is 13.3. The maximum atomic E-state index is 13.3. The lowest BCUT2D eigenvalue weighted by Crippen LogP contribution is -2.40. The molecule has 7 heteroatoms. The van der Waals surface area contributed by atoms with E-state index >= 15 is 0 Å². The topological polar surface area (TPSA) is 80.4 Å². The van der Waals surface area contributed by atoms with Crippen molar-refractivity contribution in [2.75, 3.05) is 18.4 Å². The summed E-state index contributed by atoms with van der Waals surface area (Å²) in [6, 6.07) is 17.3. The minimum Gasteiger partial charge on any atom is -0.369 e. The van der Waals surface area contributed by atoms with Gasteiger partial charge in [-0.25, -0.2) is 0 Å². The zero-order chi connectivity index (χ0) is 23.5. The van der Waals surface area contributed by atoms with Gasteiger partial charge in [0.1, 0.15) is 0 Å². The number of halogens is 1. The molecule has 3 N–H and O–H groups in total. The summed E-state index contributed by atoms with van der Waals surface area (Å²) >= 11 is 6.18. The van der Waals surface area contributed by atoms with E-state index in [0.717, 1.165) is 47.7 Å². The number of nitrogens with zero attached hydrogens (tertiary/aromatic N) is 2. The van der Waals surface area contributed by atoms with E-state index in [0.29, 0.717) is 23.7 Å². The van der Waals surface area contributed by atoms with Crippen molar-refractivity contribution in [2.45, 2.75) is 33.2 Å². The number of benzene rings is 2. The second-order valence-electron chi connectivity index (χ2n) is 8.69. The van der Waals surface area contributed by atoms with Crippen molar-refractivity contribution in [3.05, 3.63) is 82.1 Å². The summed E-state index contributed by atoms with van der Waals surface area (Å²) in [5, 5.41) is 3.75. The van der Waals surface area contributed by atoms with Crippen LogP contribution in [-0.4, -0.2) is 34.4 Å². The lowest BCUT2D eigenvalue weighted by Gasteiger charge is -2.31. The van der Waals surface area contributed by atoms with Crippen LogP contribution in [0, 0.1) is 19.8 Å². The molecule has 0 aliphatic carbocycles. The molecule has 3 aromatic rings. The van der Waals surface area contributed by atoms with Gasteiger partial charge in [0.25, 0.3) is 5.91 Å². The van der Waals surface area contributed by atoms with E-state index in [4.69, 9.17) is 17.3 Å². The van der Waals surface area contributed by atoms with Crippen LogP contribution in [-0.2, 0) is 11.3 Å². The molecule has 6 nitrogen and oxygen atoms in total. The van der Waals surface area contributed by atoms with Gasteiger partial charge in [-0.1, -0.05) is 35.9 Å². The molecular formula is C26H29ClN4O2. The summed E-state index contributed by atoms with van der Waals surface area (Å²) in [7, 11) is 0. The molecule has 33 heavy (non-hydrogen) atoms. The van der Waals surface area contributed by atoms with Crippen molar-refractivity contribution in [1.82, 2.24) is 9.47 Å². The third-order valence-electron chi connectivity index (χ3n) is 6.31. The van der Waals surface area contributed by atoms with E-state index < -0.39 is 0 Å². The van der Waals surface area contributed by atoms with Gasteiger partial charge < -0.3 is 15.6 Å². The molecule has 2 heterocycles. The summed E-state index contributed by atoms with van der Waals surface area (Å²) in [4.78, 5) is 27.1. The van der Waals surface area contributed by atoms with Gasteiger partial charge in [-0.05, 0) is 69.1 Å². The standard InChI is InChI=1S/C26H29ClN4O2/c1-17-13-23(18(2)31(17)22-10-5-9-21(27)14-22)26(33)29-24-11-4-3-7-19(24)15-30-12-6-8-20(16-30)25(28)32/h3-5,7,9-11,13-14,20H,6,8,12,15-16H2,1-2H3,(H2,28,32)(H,29,33). The Balaban J connectivity index is 1.54. The van der Waals surface area contributed by atoms with Gasteiger partial charge in [-0.2, -0.15) is 0 Å². The SMILES string of the molecule is Cc1cc(C(=O)Nc2ccccc2CN2CCCC(C(N)=O)C2)c(C)n1-c1cccc(Cl)c1. The zero-order valence-electron chi connectivity index (χ0n) is 19.0. The van der Waals surface area contributed by atoms with E-state index in [9.17, 15) is 9.59 Å².